The first-order valence-electron chi connectivity index (χ1n) is 6.12. The average Bonchev–Trinajstić information content (AvgIpc) is 2.89. The molecule has 1 heterocycles. The molecule has 0 saturated heterocycles. The fraction of sp³-hybridized carbons (Fsp3) is 0.0714. The van der Waals surface area contributed by atoms with Crippen molar-refractivity contribution in [2.75, 3.05) is 12.4 Å². The monoisotopic (exact) mass is 285 g/mol. The second-order valence-electron chi connectivity index (χ2n) is 4.25. The first-order chi connectivity index (χ1) is 10.2. The highest BCUT2D eigenvalue weighted by molar-refractivity contribution is 5.76. The summed E-state index contributed by atoms with van der Waals surface area (Å²) < 4.78 is 10.7. The number of hydrogen-bond acceptors (Lipinski definition) is 6. The van der Waals surface area contributed by atoms with Crippen LogP contribution in [0.25, 0.3) is 11.1 Å². The minimum Gasteiger partial charge on any atom is -0.494 e. The lowest BCUT2D eigenvalue weighted by molar-refractivity contribution is -0.384. The van der Waals surface area contributed by atoms with Gasteiger partial charge in [-0.1, -0.05) is 12.1 Å². The molecular weight excluding hydrogens is 274 g/mol. The van der Waals surface area contributed by atoms with Crippen molar-refractivity contribution in [3.05, 3.63) is 52.6 Å². The standard InChI is InChI=1S/C14H11N3O4/c1-20-13-8-9(17(18)19)6-7-11(13)16-14-15-10-4-2-3-5-12(10)21-14/h2-8H,1H3,(H,15,16). The van der Waals surface area contributed by atoms with Crippen LogP contribution in [0.5, 0.6) is 5.75 Å². The molecule has 1 aromatic heterocycles. The smallest absolute Gasteiger partial charge is 0.300 e. The molecule has 7 nitrogen and oxygen atoms in total. The van der Waals surface area contributed by atoms with Crippen LogP contribution >= 0.6 is 0 Å². The summed E-state index contributed by atoms with van der Waals surface area (Å²) in [4.78, 5) is 14.5. The Morgan fingerprint density at radius 3 is 2.81 bits per heavy atom. The Balaban J connectivity index is 1.95. The number of hydrogen-bond donors (Lipinski definition) is 1. The molecule has 0 aliphatic carbocycles. The van der Waals surface area contributed by atoms with E-state index >= 15 is 0 Å². The van der Waals surface area contributed by atoms with Crippen LogP contribution in [-0.4, -0.2) is 17.0 Å². The van der Waals surface area contributed by atoms with Gasteiger partial charge >= 0.3 is 0 Å². The van der Waals surface area contributed by atoms with E-state index in [4.69, 9.17) is 9.15 Å². The Bertz CT molecular complexity index is 780. The van der Waals surface area contributed by atoms with Crippen molar-refractivity contribution in [1.82, 2.24) is 4.98 Å². The zero-order valence-corrected chi connectivity index (χ0v) is 11.1. The normalized spacial score (nSPS) is 10.5. The van der Waals surface area contributed by atoms with Crippen molar-refractivity contribution >= 4 is 28.5 Å². The highest BCUT2D eigenvalue weighted by Gasteiger charge is 2.13. The maximum Gasteiger partial charge on any atom is 0.300 e. The summed E-state index contributed by atoms with van der Waals surface area (Å²) in [6, 6.07) is 11.9. The van der Waals surface area contributed by atoms with Gasteiger partial charge in [0, 0.05) is 6.07 Å². The third-order valence-corrected chi connectivity index (χ3v) is 2.93. The molecular formula is C14H11N3O4. The molecule has 106 valence electrons. The molecule has 0 unspecified atom stereocenters. The van der Waals surface area contributed by atoms with E-state index in [9.17, 15) is 10.1 Å². The summed E-state index contributed by atoms with van der Waals surface area (Å²) in [5, 5.41) is 13.7. The van der Waals surface area contributed by atoms with Gasteiger partial charge in [-0.05, 0) is 18.2 Å². The molecule has 0 aliphatic rings. The lowest BCUT2D eigenvalue weighted by atomic mass is 10.2. The lowest BCUT2D eigenvalue weighted by Gasteiger charge is -2.07. The van der Waals surface area contributed by atoms with E-state index in [2.05, 4.69) is 10.3 Å². The number of nitrogens with zero attached hydrogens (tertiary/aromatic N) is 2. The zero-order chi connectivity index (χ0) is 14.8. The van der Waals surface area contributed by atoms with Gasteiger partial charge in [-0.3, -0.25) is 10.1 Å². The van der Waals surface area contributed by atoms with Gasteiger partial charge in [0.25, 0.3) is 11.7 Å². The number of para-hydroxylation sites is 2. The number of rotatable bonds is 4. The van der Waals surface area contributed by atoms with Crippen molar-refractivity contribution in [1.29, 1.82) is 0 Å². The molecule has 0 amide bonds. The average molecular weight is 285 g/mol. The van der Waals surface area contributed by atoms with Gasteiger partial charge in [-0.2, -0.15) is 4.98 Å². The second kappa shape index (κ2) is 5.12. The van der Waals surface area contributed by atoms with Crippen LogP contribution in [0.4, 0.5) is 17.4 Å². The van der Waals surface area contributed by atoms with E-state index in [1.165, 1.54) is 19.2 Å². The molecule has 0 spiro atoms. The predicted octanol–water partition coefficient (Wildman–Crippen LogP) is 3.49. The number of aromatic nitrogens is 1. The van der Waals surface area contributed by atoms with Gasteiger partial charge in [0.2, 0.25) is 0 Å². The van der Waals surface area contributed by atoms with E-state index < -0.39 is 4.92 Å². The molecule has 7 heteroatoms. The minimum absolute atomic E-state index is 0.0463. The number of anilines is 2. The number of nitro groups is 1. The fourth-order valence-electron chi connectivity index (χ4n) is 1.94. The van der Waals surface area contributed by atoms with Crippen molar-refractivity contribution < 1.29 is 14.1 Å². The number of methoxy groups -OCH3 is 1. The molecule has 0 radical (unpaired) electrons. The van der Waals surface area contributed by atoms with Crippen molar-refractivity contribution in [3.63, 3.8) is 0 Å². The Labute approximate surface area is 119 Å². The molecule has 3 aromatic rings. The number of benzene rings is 2. The van der Waals surface area contributed by atoms with Crippen molar-refractivity contribution in [2.24, 2.45) is 0 Å². The van der Waals surface area contributed by atoms with Gasteiger partial charge in [0.1, 0.15) is 11.3 Å². The maximum absolute atomic E-state index is 10.8. The van der Waals surface area contributed by atoms with Crippen LogP contribution in [0.3, 0.4) is 0 Å². The summed E-state index contributed by atoms with van der Waals surface area (Å²) in [6.45, 7) is 0. The molecule has 1 N–H and O–H groups in total. The molecule has 21 heavy (non-hydrogen) atoms. The Hall–Kier alpha value is -3.09. The number of ether oxygens (including phenoxy) is 1. The summed E-state index contributed by atoms with van der Waals surface area (Å²) in [5.41, 5.74) is 1.87. The fourth-order valence-corrected chi connectivity index (χ4v) is 1.94. The van der Waals surface area contributed by atoms with Crippen LogP contribution in [-0.2, 0) is 0 Å². The summed E-state index contributed by atoms with van der Waals surface area (Å²) in [7, 11) is 1.44. The van der Waals surface area contributed by atoms with Gasteiger partial charge in [-0.25, -0.2) is 0 Å². The molecule has 0 saturated carbocycles. The third-order valence-electron chi connectivity index (χ3n) is 2.93. The summed E-state index contributed by atoms with van der Waals surface area (Å²) >= 11 is 0. The maximum atomic E-state index is 10.8. The van der Waals surface area contributed by atoms with E-state index in [1.807, 2.05) is 18.2 Å². The summed E-state index contributed by atoms with van der Waals surface area (Å²) in [5.74, 6) is 0.339. The van der Waals surface area contributed by atoms with Crippen LogP contribution < -0.4 is 10.1 Å². The molecule has 2 aromatic carbocycles. The van der Waals surface area contributed by atoms with Crippen LogP contribution in [0.2, 0.25) is 0 Å². The molecule has 0 bridgehead atoms. The molecule has 3 rings (SSSR count). The highest BCUT2D eigenvalue weighted by atomic mass is 16.6. The largest absolute Gasteiger partial charge is 0.494 e. The van der Waals surface area contributed by atoms with Crippen molar-refractivity contribution in [2.45, 2.75) is 0 Å². The number of non-ortho nitro benzene ring substituents is 1. The quantitative estimate of drug-likeness (QED) is 0.583. The Morgan fingerprint density at radius 2 is 2.10 bits per heavy atom. The van der Waals surface area contributed by atoms with E-state index in [-0.39, 0.29) is 5.69 Å². The molecule has 0 atom stereocenters. The second-order valence-corrected chi connectivity index (χ2v) is 4.25. The zero-order valence-electron chi connectivity index (χ0n) is 11.1. The van der Waals surface area contributed by atoms with E-state index in [0.717, 1.165) is 5.52 Å². The molecule has 0 aliphatic heterocycles. The van der Waals surface area contributed by atoms with E-state index in [1.54, 1.807) is 12.1 Å². The number of fused-ring (bicyclic) bond motifs is 1. The van der Waals surface area contributed by atoms with Gasteiger partial charge in [0.15, 0.2) is 5.58 Å². The number of nitrogens with one attached hydrogen (secondary N) is 1. The van der Waals surface area contributed by atoms with Gasteiger partial charge < -0.3 is 14.5 Å². The van der Waals surface area contributed by atoms with Crippen LogP contribution in [0.15, 0.2) is 46.9 Å². The lowest BCUT2D eigenvalue weighted by Crippen LogP contribution is -1.96. The minimum atomic E-state index is -0.480. The van der Waals surface area contributed by atoms with E-state index in [0.29, 0.717) is 23.0 Å². The molecule has 0 fully saturated rings. The topological polar surface area (TPSA) is 90.4 Å². The Morgan fingerprint density at radius 1 is 1.29 bits per heavy atom. The first-order valence-corrected chi connectivity index (χ1v) is 6.12. The predicted molar refractivity (Wildman–Crippen MR) is 76.9 cm³/mol. The number of nitro benzene ring substituents is 1. The van der Waals surface area contributed by atoms with Crippen LogP contribution in [0.1, 0.15) is 0 Å². The highest BCUT2D eigenvalue weighted by Crippen LogP contribution is 2.32. The van der Waals surface area contributed by atoms with Crippen molar-refractivity contribution in [3.8, 4) is 5.75 Å². The van der Waals surface area contributed by atoms with Gasteiger partial charge in [-0.15, -0.1) is 0 Å². The van der Waals surface area contributed by atoms with Crippen LogP contribution in [0, 0.1) is 10.1 Å². The summed E-state index contributed by atoms with van der Waals surface area (Å²) in [6.07, 6.45) is 0. The van der Waals surface area contributed by atoms with Gasteiger partial charge in [0.05, 0.1) is 23.8 Å². The Kier molecular flexibility index (Phi) is 3.15. The first kappa shape index (κ1) is 12.9. The third kappa shape index (κ3) is 2.48. The number of oxazole rings is 1. The SMILES string of the molecule is COc1cc([N+](=O)[O-])ccc1Nc1nc2ccccc2o1.